The van der Waals surface area contributed by atoms with Crippen molar-refractivity contribution < 1.29 is 13.2 Å². The van der Waals surface area contributed by atoms with Crippen LogP contribution in [0.3, 0.4) is 0 Å². The molecule has 7 heteroatoms. The van der Waals surface area contributed by atoms with Crippen molar-refractivity contribution in [2.75, 3.05) is 13.1 Å². The fourth-order valence-corrected chi connectivity index (χ4v) is 5.24. The summed E-state index contributed by atoms with van der Waals surface area (Å²) in [6.07, 6.45) is 2.31. The van der Waals surface area contributed by atoms with E-state index in [-0.39, 0.29) is 29.3 Å². The lowest BCUT2D eigenvalue weighted by Gasteiger charge is -2.32. The smallest absolute Gasteiger partial charge is 0.243 e. The molecule has 0 spiro atoms. The van der Waals surface area contributed by atoms with Crippen LogP contribution in [0, 0.1) is 5.92 Å². The highest BCUT2D eigenvalue weighted by atomic mass is 35.5. The number of amides is 1. The van der Waals surface area contributed by atoms with Crippen LogP contribution in [0.5, 0.6) is 0 Å². The van der Waals surface area contributed by atoms with Gasteiger partial charge >= 0.3 is 0 Å². The third-order valence-electron chi connectivity index (χ3n) is 5.45. The summed E-state index contributed by atoms with van der Waals surface area (Å²) in [4.78, 5) is 13.0. The maximum absolute atomic E-state index is 12.9. The molecule has 5 nitrogen and oxygen atoms in total. The van der Waals surface area contributed by atoms with Gasteiger partial charge in [0.25, 0.3) is 0 Å². The first-order valence-corrected chi connectivity index (χ1v) is 11.8. The largest absolute Gasteiger partial charge is 0.349 e. The molecule has 156 valence electrons. The van der Waals surface area contributed by atoms with Crippen LogP contribution in [0.25, 0.3) is 0 Å². The fraction of sp³-hybridized carbons (Fsp3) is 0.409. The molecule has 0 bridgehead atoms. The fourth-order valence-electron chi connectivity index (χ4n) is 3.59. The van der Waals surface area contributed by atoms with E-state index >= 15 is 0 Å². The monoisotopic (exact) mass is 434 g/mol. The zero-order valence-corrected chi connectivity index (χ0v) is 18.3. The number of nitrogens with zero attached hydrogens (tertiary/aromatic N) is 1. The molecule has 0 aliphatic carbocycles. The highest BCUT2D eigenvalue weighted by Crippen LogP contribution is 2.25. The number of carbonyl (C=O) groups excluding carboxylic acids is 1. The van der Waals surface area contributed by atoms with Gasteiger partial charge in [-0.1, -0.05) is 42.8 Å². The normalized spacial score (nSPS) is 18.9. The molecule has 1 N–H and O–H groups in total. The van der Waals surface area contributed by atoms with Crippen molar-refractivity contribution in [3.63, 3.8) is 0 Å². The summed E-state index contributed by atoms with van der Waals surface area (Å²) in [7, 11) is -3.64. The first-order valence-electron chi connectivity index (χ1n) is 9.96. The standard InChI is InChI=1S/C22H27ClN2O3S/c1-3-17-6-8-18(9-7-17)16(2)24-22(26)19-5-4-14-25(15-19)29(27,28)21-12-10-20(23)11-13-21/h6-13,16,19H,3-5,14-15H2,1-2H3,(H,24,26)/t16-,19+/m1/s1. The van der Waals surface area contributed by atoms with E-state index in [1.807, 2.05) is 19.1 Å². The topological polar surface area (TPSA) is 66.5 Å². The first-order chi connectivity index (χ1) is 13.8. The predicted molar refractivity (Wildman–Crippen MR) is 115 cm³/mol. The lowest BCUT2D eigenvalue weighted by molar-refractivity contribution is -0.126. The molecular formula is C22H27ClN2O3S. The maximum atomic E-state index is 12.9. The van der Waals surface area contributed by atoms with Crippen LogP contribution in [-0.4, -0.2) is 31.7 Å². The van der Waals surface area contributed by atoms with E-state index in [4.69, 9.17) is 11.6 Å². The minimum absolute atomic E-state index is 0.104. The van der Waals surface area contributed by atoms with Crippen LogP contribution < -0.4 is 5.32 Å². The van der Waals surface area contributed by atoms with Crippen molar-refractivity contribution in [2.24, 2.45) is 5.92 Å². The van der Waals surface area contributed by atoms with Gasteiger partial charge in [0.15, 0.2) is 0 Å². The number of carbonyl (C=O) groups is 1. The maximum Gasteiger partial charge on any atom is 0.243 e. The van der Waals surface area contributed by atoms with E-state index in [9.17, 15) is 13.2 Å². The number of sulfonamides is 1. The van der Waals surface area contributed by atoms with E-state index in [0.29, 0.717) is 24.4 Å². The summed E-state index contributed by atoms with van der Waals surface area (Å²) in [5, 5.41) is 3.53. The molecule has 0 saturated carbocycles. The molecule has 3 rings (SSSR count). The number of halogens is 1. The van der Waals surface area contributed by atoms with E-state index in [0.717, 1.165) is 12.0 Å². The van der Waals surface area contributed by atoms with Crippen LogP contribution in [0.15, 0.2) is 53.4 Å². The Hall–Kier alpha value is -1.89. The Balaban J connectivity index is 1.66. The van der Waals surface area contributed by atoms with E-state index in [2.05, 4.69) is 24.4 Å². The Labute approximate surface area is 178 Å². The molecule has 0 aromatic heterocycles. The zero-order chi connectivity index (χ0) is 21.0. The molecule has 1 aliphatic rings. The van der Waals surface area contributed by atoms with Gasteiger partial charge in [-0.25, -0.2) is 8.42 Å². The second-order valence-corrected chi connectivity index (χ2v) is 9.86. The van der Waals surface area contributed by atoms with Gasteiger partial charge < -0.3 is 5.32 Å². The van der Waals surface area contributed by atoms with Gasteiger partial charge in [0.1, 0.15) is 0 Å². The Morgan fingerprint density at radius 1 is 1.17 bits per heavy atom. The van der Waals surface area contributed by atoms with Gasteiger partial charge in [-0.15, -0.1) is 0 Å². The van der Waals surface area contributed by atoms with Crippen LogP contribution in [0.4, 0.5) is 0 Å². The first kappa shape index (κ1) is 21.8. The van der Waals surface area contributed by atoms with E-state index in [1.54, 1.807) is 12.1 Å². The average molecular weight is 435 g/mol. The average Bonchev–Trinajstić information content (AvgIpc) is 2.74. The second-order valence-electron chi connectivity index (χ2n) is 7.48. The predicted octanol–water partition coefficient (Wildman–Crippen LogP) is 4.18. The van der Waals surface area contributed by atoms with Crippen molar-refractivity contribution in [3.8, 4) is 0 Å². The number of hydrogen-bond acceptors (Lipinski definition) is 3. The van der Waals surface area contributed by atoms with Crippen molar-refractivity contribution in [1.29, 1.82) is 0 Å². The van der Waals surface area contributed by atoms with E-state index in [1.165, 1.54) is 22.0 Å². The van der Waals surface area contributed by atoms with Crippen LogP contribution in [0.1, 0.15) is 43.9 Å². The van der Waals surface area contributed by atoms with Gasteiger partial charge in [-0.05, 0) is 61.6 Å². The number of nitrogens with one attached hydrogen (secondary N) is 1. The molecule has 2 atom stereocenters. The Morgan fingerprint density at radius 2 is 1.83 bits per heavy atom. The number of benzene rings is 2. The SMILES string of the molecule is CCc1ccc([C@@H](C)NC(=O)[C@H]2CCCN(S(=O)(=O)c3ccc(Cl)cc3)C2)cc1. The number of aryl methyl sites for hydroxylation is 1. The Morgan fingerprint density at radius 3 is 2.45 bits per heavy atom. The second kappa shape index (κ2) is 9.28. The molecule has 2 aromatic carbocycles. The summed E-state index contributed by atoms with van der Waals surface area (Å²) in [5.41, 5.74) is 2.29. The highest BCUT2D eigenvalue weighted by molar-refractivity contribution is 7.89. The lowest BCUT2D eigenvalue weighted by Crippen LogP contribution is -2.45. The Bertz CT molecular complexity index is 943. The van der Waals surface area contributed by atoms with Crippen molar-refractivity contribution in [3.05, 3.63) is 64.7 Å². The van der Waals surface area contributed by atoms with Gasteiger partial charge in [0.2, 0.25) is 15.9 Å². The molecule has 1 saturated heterocycles. The lowest BCUT2D eigenvalue weighted by atomic mass is 9.97. The van der Waals surface area contributed by atoms with E-state index < -0.39 is 10.0 Å². The molecule has 0 radical (unpaired) electrons. The molecule has 29 heavy (non-hydrogen) atoms. The van der Waals surface area contributed by atoms with Crippen molar-refractivity contribution in [1.82, 2.24) is 9.62 Å². The molecule has 0 unspecified atom stereocenters. The van der Waals surface area contributed by atoms with Gasteiger partial charge in [0, 0.05) is 18.1 Å². The minimum Gasteiger partial charge on any atom is -0.349 e. The quantitative estimate of drug-likeness (QED) is 0.741. The van der Waals surface area contributed by atoms with Crippen LogP contribution >= 0.6 is 11.6 Å². The summed E-state index contributed by atoms with van der Waals surface area (Å²) in [6.45, 7) is 4.66. The molecule has 1 amide bonds. The molecule has 1 aliphatic heterocycles. The summed E-state index contributed by atoms with van der Waals surface area (Å²) < 4.78 is 27.3. The minimum atomic E-state index is -3.64. The van der Waals surface area contributed by atoms with Gasteiger partial charge in [-0.3, -0.25) is 4.79 Å². The third-order valence-corrected chi connectivity index (χ3v) is 7.58. The molecule has 1 heterocycles. The van der Waals surface area contributed by atoms with Crippen molar-refractivity contribution >= 4 is 27.5 Å². The molecule has 1 fully saturated rings. The molecular weight excluding hydrogens is 408 g/mol. The van der Waals surface area contributed by atoms with Gasteiger partial charge in [-0.2, -0.15) is 4.31 Å². The highest BCUT2D eigenvalue weighted by Gasteiger charge is 2.33. The number of piperidine rings is 1. The summed E-state index contributed by atoms with van der Waals surface area (Å²) in [6, 6.07) is 14.2. The Kier molecular flexibility index (Phi) is 6.98. The number of hydrogen-bond donors (Lipinski definition) is 1. The summed E-state index contributed by atoms with van der Waals surface area (Å²) >= 11 is 5.87. The summed E-state index contributed by atoms with van der Waals surface area (Å²) in [5.74, 6) is -0.462. The molecule has 2 aromatic rings. The van der Waals surface area contributed by atoms with Crippen LogP contribution in [-0.2, 0) is 21.2 Å². The van der Waals surface area contributed by atoms with Crippen molar-refractivity contribution in [2.45, 2.75) is 44.0 Å². The van der Waals surface area contributed by atoms with Crippen LogP contribution in [0.2, 0.25) is 5.02 Å². The zero-order valence-electron chi connectivity index (χ0n) is 16.8. The number of rotatable bonds is 6. The van der Waals surface area contributed by atoms with Gasteiger partial charge in [0.05, 0.1) is 16.9 Å². The third kappa shape index (κ3) is 5.18.